The lowest BCUT2D eigenvalue weighted by molar-refractivity contribution is 0.0580. The van der Waals surface area contributed by atoms with Crippen LogP contribution in [0.3, 0.4) is 0 Å². The van der Waals surface area contributed by atoms with Gasteiger partial charge in [0.1, 0.15) is 46.0 Å². The van der Waals surface area contributed by atoms with Gasteiger partial charge in [-0.2, -0.15) is 0 Å². The van der Waals surface area contributed by atoms with Gasteiger partial charge in [-0.25, -0.2) is 31.1 Å². The predicted molar refractivity (Wildman–Crippen MR) is 204 cm³/mol. The van der Waals surface area contributed by atoms with E-state index in [4.69, 9.17) is 19.9 Å². The number of rotatable bonds is 6. The summed E-state index contributed by atoms with van der Waals surface area (Å²) in [5.74, 6) is -10.1. The van der Waals surface area contributed by atoms with Gasteiger partial charge in [0.15, 0.2) is 22.9 Å². The standard InChI is InChI=1S/C19H16F3N3O5.C14H16N2O6.C7H6F3N/c1-24-13-6-30-7-14(13)25-5-10(16(26)17(27)15(25)19(24)29)18(28)23-4-9-11(21)2-8(20)3-12(9)22;1-15-8-5-22-6-9(8)16-4-7(14(19)21-3)11(17)12(20-2)10(16)13(15)18;8-4-1-6(9)5(3-11)7(10)2-4/h2-3,5,13-14,27H,4,6-7H2,1H3,(H,23,28);4,8-9H,5-6H2,1-3H3;1-2H,3,11H2/t13-,14+;8-,9+;/m11./s1. The number of ether oxygens (including phenoxy) is 4. The normalized spacial score (nSPS) is 19.4. The lowest BCUT2D eigenvalue weighted by atomic mass is 10.0. The van der Waals surface area contributed by atoms with Crippen LogP contribution in [0.25, 0.3) is 0 Å². The molecule has 2 saturated heterocycles. The first-order chi connectivity index (χ1) is 29.9. The molecule has 0 bridgehead atoms. The van der Waals surface area contributed by atoms with Crippen LogP contribution in [0.1, 0.15) is 64.9 Å². The molecule has 6 heterocycles. The number of amides is 3. The number of carbonyl (C=O) groups is 4. The molecule has 63 heavy (non-hydrogen) atoms. The largest absolute Gasteiger partial charge is 0.503 e. The first kappa shape index (κ1) is 45.8. The fraction of sp³-hybridized carbons (Fsp3) is 0.350. The number of benzene rings is 2. The molecule has 4 aliphatic rings. The Labute approximate surface area is 352 Å². The summed E-state index contributed by atoms with van der Waals surface area (Å²) in [5.41, 5.74) is 1.57. The van der Waals surface area contributed by atoms with Crippen molar-refractivity contribution in [3.63, 3.8) is 0 Å². The van der Waals surface area contributed by atoms with Gasteiger partial charge in [0.2, 0.25) is 10.9 Å². The van der Waals surface area contributed by atoms with Gasteiger partial charge in [-0.1, -0.05) is 0 Å². The molecule has 2 fully saturated rings. The number of aromatic hydroxyl groups is 1. The van der Waals surface area contributed by atoms with E-state index in [0.717, 1.165) is 6.20 Å². The van der Waals surface area contributed by atoms with Crippen molar-refractivity contribution in [2.24, 2.45) is 5.73 Å². The van der Waals surface area contributed by atoms with E-state index in [9.17, 15) is 60.2 Å². The summed E-state index contributed by atoms with van der Waals surface area (Å²) in [6, 6.07) is 1.06. The number of nitrogens with two attached hydrogens (primary N) is 1. The van der Waals surface area contributed by atoms with Crippen molar-refractivity contribution in [3.05, 3.63) is 126 Å². The molecule has 17 nitrogen and oxygen atoms in total. The number of aromatic nitrogens is 2. The molecule has 23 heteroatoms. The first-order valence-electron chi connectivity index (χ1n) is 18.7. The Hall–Kier alpha value is -6.72. The maximum atomic E-state index is 13.8. The van der Waals surface area contributed by atoms with Gasteiger partial charge in [0.05, 0.1) is 64.8 Å². The number of pyridine rings is 2. The lowest BCUT2D eigenvalue weighted by Gasteiger charge is -2.37. The van der Waals surface area contributed by atoms with Crippen LogP contribution in [-0.4, -0.2) is 115 Å². The van der Waals surface area contributed by atoms with Crippen LogP contribution < -0.4 is 26.6 Å². The highest BCUT2D eigenvalue weighted by Gasteiger charge is 2.45. The number of fused-ring (bicyclic) bond motifs is 6. The van der Waals surface area contributed by atoms with Crippen molar-refractivity contribution in [1.29, 1.82) is 0 Å². The van der Waals surface area contributed by atoms with E-state index in [-0.39, 0.29) is 72.1 Å². The molecule has 0 spiro atoms. The van der Waals surface area contributed by atoms with E-state index in [0.29, 0.717) is 37.5 Å². The van der Waals surface area contributed by atoms with Crippen LogP contribution in [0.4, 0.5) is 26.3 Å². The molecule has 336 valence electrons. The fourth-order valence-electron chi connectivity index (χ4n) is 7.52. The molecule has 3 amide bonds. The zero-order valence-electron chi connectivity index (χ0n) is 33.7. The molecular weight excluding hydrogens is 854 g/mol. The second kappa shape index (κ2) is 18.3. The van der Waals surface area contributed by atoms with Gasteiger partial charge in [0, 0.05) is 75.0 Å². The molecule has 4 aliphatic heterocycles. The molecule has 0 aliphatic carbocycles. The maximum Gasteiger partial charge on any atom is 0.343 e. The highest BCUT2D eigenvalue weighted by molar-refractivity contribution is 6.00. The topological polar surface area (TPSA) is 214 Å². The van der Waals surface area contributed by atoms with Gasteiger partial charge in [-0.15, -0.1) is 0 Å². The number of likely N-dealkylation sites (N-methyl/N-ethyl adjacent to an activating group) is 2. The third-order valence-electron chi connectivity index (χ3n) is 10.9. The minimum absolute atomic E-state index is 0.134. The van der Waals surface area contributed by atoms with Crippen LogP contribution in [0.2, 0.25) is 0 Å². The van der Waals surface area contributed by atoms with Gasteiger partial charge in [-0.3, -0.25) is 24.0 Å². The minimum atomic E-state index is -1.20. The molecular formula is C40H38F6N6O11. The summed E-state index contributed by atoms with van der Waals surface area (Å²) in [5, 5.41) is 12.5. The molecule has 4 N–H and O–H groups in total. The molecule has 2 aromatic carbocycles. The minimum Gasteiger partial charge on any atom is -0.503 e. The van der Waals surface area contributed by atoms with E-state index in [2.05, 4.69) is 10.1 Å². The molecule has 0 radical (unpaired) electrons. The van der Waals surface area contributed by atoms with Crippen molar-refractivity contribution in [1.82, 2.24) is 24.3 Å². The van der Waals surface area contributed by atoms with Gasteiger partial charge >= 0.3 is 5.97 Å². The number of carbonyl (C=O) groups excluding carboxylic acids is 4. The molecule has 8 rings (SSSR count). The number of halogens is 6. The Morgan fingerprint density at radius 3 is 1.63 bits per heavy atom. The van der Waals surface area contributed by atoms with Crippen molar-refractivity contribution in [2.45, 2.75) is 37.3 Å². The first-order valence-corrected chi connectivity index (χ1v) is 18.7. The number of methoxy groups -OCH3 is 2. The summed E-state index contributed by atoms with van der Waals surface area (Å²) < 4.78 is 101. The number of nitrogens with zero attached hydrogens (tertiary/aromatic N) is 4. The number of hydrogen-bond acceptors (Lipinski definition) is 12. The molecule has 0 saturated carbocycles. The van der Waals surface area contributed by atoms with Crippen molar-refractivity contribution < 1.29 is 69.6 Å². The summed E-state index contributed by atoms with van der Waals surface area (Å²) in [6.45, 7) is 0.332. The monoisotopic (exact) mass is 892 g/mol. The van der Waals surface area contributed by atoms with E-state index in [1.54, 1.807) is 16.5 Å². The van der Waals surface area contributed by atoms with Crippen LogP contribution in [-0.2, 0) is 27.3 Å². The van der Waals surface area contributed by atoms with Gasteiger partial charge in [-0.05, 0) is 0 Å². The fourth-order valence-corrected chi connectivity index (χ4v) is 7.52. The molecule has 2 aromatic heterocycles. The second-order valence-corrected chi connectivity index (χ2v) is 14.4. The lowest BCUT2D eigenvalue weighted by Crippen LogP contribution is -2.49. The Balaban J connectivity index is 0.000000175. The predicted octanol–water partition coefficient (Wildman–Crippen LogP) is 2.16. The zero-order chi connectivity index (χ0) is 46.2. The van der Waals surface area contributed by atoms with Crippen LogP contribution in [0, 0.1) is 34.9 Å². The van der Waals surface area contributed by atoms with E-state index >= 15 is 0 Å². The van der Waals surface area contributed by atoms with E-state index in [1.807, 2.05) is 0 Å². The quantitative estimate of drug-likeness (QED) is 0.188. The average Bonchev–Trinajstić information content (AvgIpc) is 3.94. The number of nitrogens with one attached hydrogen (secondary N) is 1. The van der Waals surface area contributed by atoms with E-state index in [1.165, 1.54) is 36.9 Å². The highest BCUT2D eigenvalue weighted by Crippen LogP contribution is 2.35. The van der Waals surface area contributed by atoms with Crippen molar-refractivity contribution in [3.8, 4) is 11.5 Å². The Bertz CT molecular complexity index is 2600. The third kappa shape index (κ3) is 8.45. The summed E-state index contributed by atoms with van der Waals surface area (Å²) >= 11 is 0. The molecule has 4 atom stereocenters. The van der Waals surface area contributed by atoms with Crippen molar-refractivity contribution in [2.75, 3.05) is 54.7 Å². The highest BCUT2D eigenvalue weighted by atomic mass is 19.2. The summed E-state index contributed by atoms with van der Waals surface area (Å²) in [7, 11) is 5.67. The third-order valence-corrected chi connectivity index (χ3v) is 10.9. The van der Waals surface area contributed by atoms with E-state index < -0.39 is 93.0 Å². The Morgan fingerprint density at radius 2 is 1.16 bits per heavy atom. The second-order valence-electron chi connectivity index (χ2n) is 14.4. The molecule has 0 unspecified atom stereocenters. The van der Waals surface area contributed by atoms with Crippen LogP contribution >= 0.6 is 0 Å². The maximum absolute atomic E-state index is 13.8. The van der Waals surface area contributed by atoms with Gasteiger partial charge < -0.3 is 54.0 Å². The Morgan fingerprint density at radius 1 is 0.714 bits per heavy atom. The number of esters is 1. The number of hydrogen-bond donors (Lipinski definition) is 3. The zero-order valence-corrected chi connectivity index (χ0v) is 33.7. The molecule has 4 aromatic rings. The summed E-state index contributed by atoms with van der Waals surface area (Å²) in [6.07, 6.45) is 2.49. The van der Waals surface area contributed by atoms with Crippen molar-refractivity contribution >= 4 is 23.7 Å². The SMILES string of the molecule is CN1C(=O)c2c(O)c(=O)c(C(=O)NCc3c(F)cc(F)cc3F)cn2[C@H]2COC[C@H]21.COC(=O)c1cn2c(c(OC)c1=O)C(=O)N(C)[C@@H]1COC[C@@H]12.NCc1c(F)cc(F)cc1F. The van der Waals surface area contributed by atoms with Crippen LogP contribution in [0.5, 0.6) is 11.5 Å². The average molecular weight is 893 g/mol. The Kier molecular flexibility index (Phi) is 13.3. The summed E-state index contributed by atoms with van der Waals surface area (Å²) in [4.78, 5) is 77.2. The van der Waals surface area contributed by atoms with Crippen LogP contribution in [0.15, 0.2) is 46.2 Å². The van der Waals surface area contributed by atoms with Gasteiger partial charge in [0.25, 0.3) is 17.7 Å². The smallest absolute Gasteiger partial charge is 0.343 e.